The molecule has 0 fully saturated rings. The molecule has 3 nitrogen and oxygen atoms in total. The van der Waals surface area contributed by atoms with Gasteiger partial charge in [-0.2, -0.15) is 0 Å². The number of unbranched alkanes of at least 4 members (excludes halogenated alkanes) is 6. The molecule has 1 aromatic rings. The summed E-state index contributed by atoms with van der Waals surface area (Å²) in [5, 5.41) is 8.84. The van der Waals surface area contributed by atoms with Gasteiger partial charge in [-0.3, -0.25) is 4.79 Å². The zero-order chi connectivity index (χ0) is 20.5. The predicted octanol–water partition coefficient (Wildman–Crippen LogP) is 5.86. The van der Waals surface area contributed by atoms with E-state index in [4.69, 9.17) is 9.84 Å². The molecule has 2 unspecified atom stereocenters. The Morgan fingerprint density at radius 3 is 2.36 bits per heavy atom. The monoisotopic (exact) mass is 380 g/mol. The minimum Gasteiger partial charge on any atom is -0.481 e. The van der Waals surface area contributed by atoms with Crippen LogP contribution in [0.2, 0.25) is 0 Å². The number of hydrogen-bond acceptors (Lipinski definition) is 2. The molecule has 0 heterocycles. The van der Waals surface area contributed by atoms with Crippen molar-refractivity contribution in [1.29, 1.82) is 0 Å². The van der Waals surface area contributed by atoms with Crippen LogP contribution < -0.4 is 4.74 Å². The highest BCUT2D eigenvalue weighted by atomic mass is 16.5. The lowest BCUT2D eigenvalue weighted by atomic mass is 10.1. The minimum absolute atomic E-state index is 0.0554. The molecule has 2 atom stereocenters. The summed E-state index contributed by atoms with van der Waals surface area (Å²) in [4.78, 5) is 10.8. The van der Waals surface area contributed by atoms with Crippen molar-refractivity contribution in [2.75, 3.05) is 0 Å². The highest BCUT2D eigenvalue weighted by molar-refractivity contribution is 5.68. The first-order valence-electron chi connectivity index (χ1n) is 10.2. The average Bonchev–Trinajstić information content (AvgIpc) is 2.69. The summed E-state index contributed by atoms with van der Waals surface area (Å²) < 4.78 is 6.00. The van der Waals surface area contributed by atoms with Crippen molar-refractivity contribution in [3.05, 3.63) is 43.0 Å². The number of carboxylic acids is 1. The maximum absolute atomic E-state index is 10.8. The second-order valence-electron chi connectivity index (χ2n) is 6.81. The fourth-order valence-corrected chi connectivity index (χ4v) is 2.74. The van der Waals surface area contributed by atoms with E-state index >= 15 is 0 Å². The topological polar surface area (TPSA) is 46.5 Å². The third-order valence-electron chi connectivity index (χ3n) is 4.32. The summed E-state index contributed by atoms with van der Waals surface area (Å²) in [5.41, 5.74) is 0. The van der Waals surface area contributed by atoms with E-state index in [-0.39, 0.29) is 18.4 Å². The normalized spacial score (nSPS) is 11.9. The average molecular weight is 381 g/mol. The van der Waals surface area contributed by atoms with Gasteiger partial charge in [0.15, 0.2) is 6.10 Å². The number of para-hydroxylation sites is 1. The Labute approximate surface area is 170 Å². The number of carboxylic acid groups (broad SMARTS) is 1. The van der Waals surface area contributed by atoms with Gasteiger partial charge < -0.3 is 9.84 Å². The second-order valence-corrected chi connectivity index (χ2v) is 6.81. The highest BCUT2D eigenvalue weighted by Gasteiger charge is 2.07. The van der Waals surface area contributed by atoms with Gasteiger partial charge >= 0.3 is 5.97 Å². The molecule has 1 rings (SSSR count). The molecule has 150 valence electrons. The lowest BCUT2D eigenvalue weighted by molar-refractivity contribution is -0.137. The zero-order valence-electron chi connectivity index (χ0n) is 17.0. The van der Waals surface area contributed by atoms with Crippen LogP contribution in [0.3, 0.4) is 0 Å². The van der Waals surface area contributed by atoms with Crippen LogP contribution in [0.1, 0.15) is 64.7 Å². The number of rotatable bonds is 13. The minimum atomic E-state index is -0.892. The van der Waals surface area contributed by atoms with Crippen LogP contribution in [0, 0.1) is 29.6 Å². The van der Waals surface area contributed by atoms with Crippen LogP contribution in [0.25, 0.3) is 0 Å². The maximum atomic E-state index is 10.8. The van der Waals surface area contributed by atoms with Gasteiger partial charge in [0, 0.05) is 5.92 Å². The Morgan fingerprint density at radius 2 is 1.71 bits per heavy atom. The largest absolute Gasteiger partial charge is 0.481 e. The molecule has 1 aromatic carbocycles. The fourth-order valence-electron chi connectivity index (χ4n) is 2.74. The quantitative estimate of drug-likeness (QED) is 0.265. The molecule has 28 heavy (non-hydrogen) atoms. The number of allylic oxidation sites excluding steroid dienone is 1. The van der Waals surface area contributed by atoms with Crippen molar-refractivity contribution >= 4 is 5.97 Å². The molecule has 0 saturated carbocycles. The van der Waals surface area contributed by atoms with E-state index in [0.717, 1.165) is 18.6 Å². The highest BCUT2D eigenvalue weighted by Crippen LogP contribution is 2.15. The molecule has 0 bridgehead atoms. The van der Waals surface area contributed by atoms with Gasteiger partial charge in [-0.15, -0.1) is 6.58 Å². The molecule has 0 aromatic heterocycles. The lowest BCUT2D eigenvalue weighted by Gasteiger charge is -2.13. The Kier molecular flexibility index (Phi) is 12.9. The van der Waals surface area contributed by atoms with Gasteiger partial charge in [-0.25, -0.2) is 0 Å². The molecular weight excluding hydrogens is 348 g/mol. The first-order chi connectivity index (χ1) is 13.7. The van der Waals surface area contributed by atoms with Crippen molar-refractivity contribution < 1.29 is 14.6 Å². The summed E-state index contributed by atoms with van der Waals surface area (Å²) >= 11 is 0. The van der Waals surface area contributed by atoms with E-state index in [1.54, 1.807) is 6.08 Å². The van der Waals surface area contributed by atoms with Crippen molar-refractivity contribution in [3.8, 4) is 29.4 Å². The number of aliphatic carboxylic acids is 1. The molecule has 0 aliphatic heterocycles. The van der Waals surface area contributed by atoms with Crippen LogP contribution in [0.4, 0.5) is 0 Å². The third-order valence-corrected chi connectivity index (χ3v) is 4.32. The SMILES string of the molecule is C=CC(C#CC#CC(CCCCCCCCC)Oc1ccccc1)CC(=O)O. The smallest absolute Gasteiger partial charge is 0.304 e. The van der Waals surface area contributed by atoms with Gasteiger partial charge in [0.1, 0.15) is 5.75 Å². The van der Waals surface area contributed by atoms with E-state index in [9.17, 15) is 4.79 Å². The Hall–Kier alpha value is -2.65. The number of carbonyl (C=O) groups is 1. The van der Waals surface area contributed by atoms with Crippen molar-refractivity contribution in [1.82, 2.24) is 0 Å². The summed E-state index contributed by atoms with van der Waals surface area (Å²) in [7, 11) is 0. The van der Waals surface area contributed by atoms with Crippen molar-refractivity contribution in [2.24, 2.45) is 5.92 Å². The van der Waals surface area contributed by atoms with Gasteiger partial charge in [0.25, 0.3) is 0 Å². The van der Waals surface area contributed by atoms with Crippen LogP contribution in [0.15, 0.2) is 43.0 Å². The van der Waals surface area contributed by atoms with Gasteiger partial charge in [-0.1, -0.05) is 75.6 Å². The molecule has 3 heteroatoms. The van der Waals surface area contributed by atoms with Crippen LogP contribution in [-0.4, -0.2) is 17.2 Å². The predicted molar refractivity (Wildman–Crippen MR) is 115 cm³/mol. The van der Waals surface area contributed by atoms with Gasteiger partial charge in [0.2, 0.25) is 0 Å². The van der Waals surface area contributed by atoms with E-state index in [0.29, 0.717) is 0 Å². The molecule has 0 radical (unpaired) electrons. The standard InChI is InChI=1S/C25H32O3/c1-3-5-6-7-8-9-11-17-24(28-23-18-12-10-13-19-23)20-15-14-16-22(4-2)21-25(26)27/h4,10,12-13,18-19,22,24H,2-3,5-9,11,17,21H2,1H3,(H,26,27). The molecule has 0 aliphatic rings. The van der Waals surface area contributed by atoms with Crippen LogP contribution >= 0.6 is 0 Å². The first kappa shape index (κ1) is 23.4. The van der Waals surface area contributed by atoms with Crippen molar-refractivity contribution in [2.45, 2.75) is 70.8 Å². The first-order valence-corrected chi connectivity index (χ1v) is 10.2. The summed E-state index contributed by atoms with van der Waals surface area (Å²) in [6, 6.07) is 9.67. The Balaban J connectivity index is 2.59. The Bertz CT molecular complexity index is 685. The molecule has 0 spiro atoms. The van der Waals surface area contributed by atoms with Gasteiger partial charge in [-0.05, 0) is 42.7 Å². The van der Waals surface area contributed by atoms with E-state index < -0.39 is 5.97 Å². The maximum Gasteiger partial charge on any atom is 0.304 e. The van der Waals surface area contributed by atoms with Crippen LogP contribution in [-0.2, 0) is 4.79 Å². The zero-order valence-corrected chi connectivity index (χ0v) is 17.0. The number of hydrogen-bond donors (Lipinski definition) is 1. The summed E-state index contributed by atoms with van der Waals surface area (Å²) in [5.74, 6) is 11.0. The molecule has 0 amide bonds. The summed E-state index contributed by atoms with van der Waals surface area (Å²) in [6.07, 6.45) is 10.8. The summed E-state index contributed by atoms with van der Waals surface area (Å²) in [6.45, 7) is 5.85. The molecule has 1 N–H and O–H groups in total. The molecular formula is C25H32O3. The van der Waals surface area contributed by atoms with Crippen LogP contribution in [0.5, 0.6) is 5.75 Å². The van der Waals surface area contributed by atoms with E-state index in [1.807, 2.05) is 30.3 Å². The second kappa shape index (κ2) is 15.4. The van der Waals surface area contributed by atoms with E-state index in [1.165, 1.54) is 38.5 Å². The lowest BCUT2D eigenvalue weighted by Crippen LogP contribution is -2.14. The molecule has 0 saturated heterocycles. The fraction of sp³-hybridized carbons (Fsp3) is 0.480. The number of benzene rings is 1. The van der Waals surface area contributed by atoms with Crippen molar-refractivity contribution in [3.63, 3.8) is 0 Å². The number of ether oxygens (including phenoxy) is 1. The molecule has 0 aliphatic carbocycles. The Morgan fingerprint density at radius 1 is 1.07 bits per heavy atom. The third kappa shape index (κ3) is 11.9. The van der Waals surface area contributed by atoms with E-state index in [2.05, 4.69) is 37.2 Å². The van der Waals surface area contributed by atoms with Gasteiger partial charge in [0.05, 0.1) is 6.42 Å².